The fourth-order valence-electron chi connectivity index (χ4n) is 3.26. The largest absolute Gasteiger partial charge is 0.508 e. The molecule has 0 aliphatic rings. The molecule has 0 aliphatic heterocycles. The second-order valence-corrected chi connectivity index (χ2v) is 8.60. The molecule has 38 heavy (non-hydrogen) atoms. The van der Waals surface area contributed by atoms with Crippen LogP contribution in [-0.2, 0) is 35.2 Å². The Morgan fingerprint density at radius 3 is 1.82 bits per heavy atom. The van der Waals surface area contributed by atoms with Crippen LogP contribution >= 0.6 is 0 Å². The molecule has 0 aromatic heterocycles. The normalized spacial score (nSPS) is 14.7. The van der Waals surface area contributed by atoms with Crippen molar-refractivity contribution in [3.8, 4) is 5.75 Å². The van der Waals surface area contributed by atoms with Crippen LogP contribution in [0.2, 0.25) is 0 Å². The number of primary amides is 1. The van der Waals surface area contributed by atoms with Crippen molar-refractivity contribution in [2.75, 3.05) is 0 Å². The number of carbonyl (C=O) groups is 6. The van der Waals surface area contributed by atoms with Crippen molar-refractivity contribution >= 4 is 35.6 Å². The number of benzene rings is 1. The van der Waals surface area contributed by atoms with Crippen molar-refractivity contribution in [1.82, 2.24) is 16.0 Å². The quantitative estimate of drug-likeness (QED) is 0.104. The lowest BCUT2D eigenvalue weighted by atomic mass is 10.0. The number of amides is 4. The maximum absolute atomic E-state index is 13.0. The van der Waals surface area contributed by atoms with Crippen LogP contribution < -0.4 is 27.4 Å². The van der Waals surface area contributed by atoms with Gasteiger partial charge in [-0.05, 0) is 43.9 Å². The molecular weight excluding hydrogens is 506 g/mol. The van der Waals surface area contributed by atoms with E-state index in [0.717, 1.165) is 6.92 Å². The molecular formula is C23H33N5O10. The van der Waals surface area contributed by atoms with E-state index in [1.165, 1.54) is 12.1 Å². The van der Waals surface area contributed by atoms with Crippen molar-refractivity contribution in [2.24, 2.45) is 11.5 Å². The minimum Gasteiger partial charge on any atom is -0.508 e. The van der Waals surface area contributed by atoms with E-state index in [1.807, 2.05) is 5.32 Å². The molecule has 5 unspecified atom stereocenters. The van der Waals surface area contributed by atoms with Crippen LogP contribution in [0.5, 0.6) is 5.75 Å². The van der Waals surface area contributed by atoms with E-state index in [2.05, 4.69) is 10.6 Å². The first-order valence-electron chi connectivity index (χ1n) is 11.6. The molecule has 4 amide bonds. The van der Waals surface area contributed by atoms with E-state index in [4.69, 9.17) is 16.6 Å². The van der Waals surface area contributed by atoms with E-state index < -0.39 is 78.7 Å². The Morgan fingerprint density at radius 2 is 1.34 bits per heavy atom. The van der Waals surface area contributed by atoms with Crippen molar-refractivity contribution in [3.05, 3.63) is 29.8 Å². The van der Waals surface area contributed by atoms with Gasteiger partial charge in [0.1, 0.15) is 17.8 Å². The first kappa shape index (κ1) is 31.8. The van der Waals surface area contributed by atoms with Crippen LogP contribution in [0.1, 0.15) is 38.2 Å². The standard InChI is InChI=1S/C23H33N5O10/c1-11(29)19(23(37)38)28-22(36)16(7-9-18(32)33)27-21(35)15(6-8-17(25)31)26-20(34)14(24)10-12-2-4-13(30)5-3-12/h2-5,11,14-16,19,29-30H,6-10,24H2,1H3,(H2,25,31)(H,26,34)(H,27,35)(H,28,36)(H,32,33)(H,37,38). The second-order valence-electron chi connectivity index (χ2n) is 8.60. The fraction of sp³-hybridized carbons (Fsp3) is 0.478. The zero-order valence-corrected chi connectivity index (χ0v) is 20.6. The van der Waals surface area contributed by atoms with Gasteiger partial charge in [0.25, 0.3) is 0 Å². The molecule has 15 nitrogen and oxygen atoms in total. The molecule has 0 saturated heterocycles. The fourth-order valence-corrected chi connectivity index (χ4v) is 3.26. The molecule has 1 aromatic carbocycles. The summed E-state index contributed by atoms with van der Waals surface area (Å²) in [5.41, 5.74) is 11.7. The molecule has 0 fully saturated rings. The number of phenols is 1. The number of carboxylic acid groups (broad SMARTS) is 2. The highest BCUT2D eigenvalue weighted by atomic mass is 16.4. The van der Waals surface area contributed by atoms with Gasteiger partial charge >= 0.3 is 11.9 Å². The van der Waals surface area contributed by atoms with Crippen LogP contribution in [0.15, 0.2) is 24.3 Å². The van der Waals surface area contributed by atoms with Crippen LogP contribution in [0.25, 0.3) is 0 Å². The number of hydrogen-bond donors (Lipinski definition) is 9. The second kappa shape index (κ2) is 15.1. The van der Waals surface area contributed by atoms with Crippen LogP contribution in [0, 0.1) is 0 Å². The summed E-state index contributed by atoms with van der Waals surface area (Å²) >= 11 is 0. The smallest absolute Gasteiger partial charge is 0.328 e. The number of aromatic hydroxyl groups is 1. The van der Waals surface area contributed by atoms with Gasteiger partial charge in [0.2, 0.25) is 23.6 Å². The van der Waals surface area contributed by atoms with Gasteiger partial charge in [0.15, 0.2) is 6.04 Å². The summed E-state index contributed by atoms with van der Waals surface area (Å²) in [6, 6.07) is 0.0413. The lowest BCUT2D eigenvalue weighted by molar-refractivity contribution is -0.145. The zero-order valence-electron chi connectivity index (χ0n) is 20.6. The predicted octanol–water partition coefficient (Wildman–Crippen LogP) is -2.69. The Labute approximate surface area is 217 Å². The number of carbonyl (C=O) groups excluding carboxylic acids is 4. The molecule has 0 radical (unpaired) electrons. The number of hydrogen-bond acceptors (Lipinski definition) is 9. The van der Waals surface area contributed by atoms with Gasteiger partial charge in [0.05, 0.1) is 12.1 Å². The van der Waals surface area contributed by atoms with Crippen molar-refractivity contribution in [3.63, 3.8) is 0 Å². The van der Waals surface area contributed by atoms with Gasteiger partial charge < -0.3 is 47.8 Å². The summed E-state index contributed by atoms with van der Waals surface area (Å²) in [5.74, 6) is -6.49. The summed E-state index contributed by atoms with van der Waals surface area (Å²) < 4.78 is 0. The third-order valence-electron chi connectivity index (χ3n) is 5.37. The number of aliphatic carboxylic acids is 2. The lowest BCUT2D eigenvalue weighted by Crippen LogP contribution is -2.58. The number of phenolic OH excluding ortho intramolecular Hbond substituents is 1. The van der Waals surface area contributed by atoms with Gasteiger partial charge in [-0.2, -0.15) is 0 Å². The number of rotatable bonds is 16. The molecule has 15 heteroatoms. The molecule has 0 saturated carbocycles. The summed E-state index contributed by atoms with van der Waals surface area (Å²) in [6.07, 6.45) is -3.12. The van der Waals surface area contributed by atoms with E-state index in [1.54, 1.807) is 12.1 Å². The van der Waals surface area contributed by atoms with Gasteiger partial charge in [-0.1, -0.05) is 12.1 Å². The minimum atomic E-state index is -1.74. The van der Waals surface area contributed by atoms with E-state index in [9.17, 15) is 44.1 Å². The molecule has 11 N–H and O–H groups in total. The van der Waals surface area contributed by atoms with Crippen LogP contribution in [-0.4, -0.2) is 86.3 Å². The molecule has 0 spiro atoms. The Balaban J connectivity index is 3.03. The van der Waals surface area contributed by atoms with Crippen molar-refractivity contribution in [1.29, 1.82) is 0 Å². The van der Waals surface area contributed by atoms with E-state index in [0.29, 0.717) is 5.56 Å². The van der Waals surface area contributed by atoms with Gasteiger partial charge in [-0.25, -0.2) is 4.79 Å². The number of aliphatic hydroxyl groups excluding tert-OH is 1. The van der Waals surface area contributed by atoms with Gasteiger partial charge in [-0.3, -0.25) is 24.0 Å². The topological polar surface area (TPSA) is 271 Å². The predicted molar refractivity (Wildman–Crippen MR) is 130 cm³/mol. The summed E-state index contributed by atoms with van der Waals surface area (Å²) in [4.78, 5) is 72.0. The number of aliphatic hydroxyl groups is 1. The SMILES string of the molecule is CC(O)C(NC(=O)C(CCC(=O)O)NC(=O)C(CCC(N)=O)NC(=O)C(N)Cc1ccc(O)cc1)C(=O)O. The number of nitrogens with one attached hydrogen (secondary N) is 3. The van der Waals surface area contributed by atoms with Crippen LogP contribution in [0.4, 0.5) is 0 Å². The lowest BCUT2D eigenvalue weighted by Gasteiger charge is -2.25. The molecule has 0 heterocycles. The highest BCUT2D eigenvalue weighted by Crippen LogP contribution is 2.11. The molecule has 210 valence electrons. The maximum Gasteiger partial charge on any atom is 0.328 e. The summed E-state index contributed by atoms with van der Waals surface area (Å²) in [5, 5.41) is 43.8. The number of carboxylic acids is 2. The highest BCUT2D eigenvalue weighted by molar-refractivity contribution is 5.94. The molecule has 1 aromatic rings. The van der Waals surface area contributed by atoms with Crippen LogP contribution in [0.3, 0.4) is 0 Å². The molecule has 0 aliphatic carbocycles. The maximum atomic E-state index is 13.0. The zero-order chi connectivity index (χ0) is 29.0. The monoisotopic (exact) mass is 539 g/mol. The van der Waals surface area contributed by atoms with E-state index in [-0.39, 0.29) is 25.0 Å². The average molecular weight is 540 g/mol. The van der Waals surface area contributed by atoms with Gasteiger partial charge in [0, 0.05) is 12.8 Å². The Morgan fingerprint density at radius 1 is 0.842 bits per heavy atom. The summed E-state index contributed by atoms with van der Waals surface area (Å²) in [6.45, 7) is 1.11. The minimum absolute atomic E-state index is 0.0135. The van der Waals surface area contributed by atoms with Crippen molar-refractivity contribution < 1.29 is 49.2 Å². The Bertz CT molecular complexity index is 1010. The first-order valence-corrected chi connectivity index (χ1v) is 11.6. The third-order valence-corrected chi connectivity index (χ3v) is 5.37. The molecule has 5 atom stereocenters. The highest BCUT2D eigenvalue weighted by Gasteiger charge is 2.32. The number of nitrogens with two attached hydrogens (primary N) is 2. The Kier molecular flexibility index (Phi) is 12.6. The first-order chi connectivity index (χ1) is 17.7. The Hall–Kier alpha value is -4.24. The van der Waals surface area contributed by atoms with E-state index >= 15 is 0 Å². The third kappa shape index (κ3) is 11.2. The summed E-state index contributed by atoms with van der Waals surface area (Å²) in [7, 11) is 0. The average Bonchev–Trinajstić information content (AvgIpc) is 2.82. The van der Waals surface area contributed by atoms with Crippen molar-refractivity contribution in [2.45, 2.75) is 69.3 Å². The van der Waals surface area contributed by atoms with Gasteiger partial charge in [-0.15, -0.1) is 0 Å². The molecule has 0 bridgehead atoms. The molecule has 1 rings (SSSR count).